The molecule has 304 valence electrons. The zero-order chi connectivity index (χ0) is 40.9. The number of hydrogen-bond donors (Lipinski definition) is 12. The second kappa shape index (κ2) is 24.0. The Labute approximate surface area is 319 Å². The van der Waals surface area contributed by atoms with E-state index in [2.05, 4.69) is 46.5 Å². The first-order valence-electron chi connectivity index (χ1n) is 17.2. The van der Waals surface area contributed by atoms with Crippen molar-refractivity contribution >= 4 is 59.2 Å². The quantitative estimate of drug-likeness (QED) is 0.0400. The molecule has 14 N–H and O–H groups in total. The molecular weight excluding hydrogens is 746 g/mol. The number of thioether (sulfide) groups is 1. The van der Waals surface area contributed by atoms with E-state index in [0.717, 1.165) is 0 Å². The molecule has 0 saturated heterocycles. The highest BCUT2D eigenvalue weighted by Gasteiger charge is 2.34. The fourth-order valence-electron chi connectivity index (χ4n) is 5.07. The fraction of sp³-hybridized carbons (Fsp3) is 0.562. The van der Waals surface area contributed by atoms with Crippen LogP contribution in [0.15, 0.2) is 25.0 Å². The smallest absolute Gasteiger partial charge is 0.326 e. The van der Waals surface area contributed by atoms with E-state index in [1.165, 1.54) is 36.8 Å². The molecule has 0 aliphatic rings. The molecule has 0 unspecified atom stereocenters. The number of nitrogens with zero attached hydrogens (tertiary/aromatic N) is 2. The van der Waals surface area contributed by atoms with Crippen molar-refractivity contribution < 1.29 is 53.7 Å². The van der Waals surface area contributed by atoms with Crippen LogP contribution in [-0.2, 0) is 51.2 Å². The lowest BCUT2D eigenvalue weighted by Crippen LogP contribution is -2.60. The summed E-state index contributed by atoms with van der Waals surface area (Å²) < 4.78 is 0. The third-order valence-electron chi connectivity index (χ3n) is 8.05. The maximum Gasteiger partial charge on any atom is 0.326 e. The minimum atomic E-state index is -1.84. The Bertz CT molecular complexity index is 1580. The predicted molar refractivity (Wildman–Crippen MR) is 195 cm³/mol. The summed E-state index contributed by atoms with van der Waals surface area (Å²) in [7, 11) is 0. The van der Waals surface area contributed by atoms with Gasteiger partial charge in [0.25, 0.3) is 0 Å². The fourth-order valence-corrected chi connectivity index (χ4v) is 5.56. The number of imidazole rings is 2. The normalized spacial score (nSPS) is 14.2. The Kier molecular flexibility index (Phi) is 19.9. The van der Waals surface area contributed by atoms with E-state index in [1.807, 2.05) is 6.26 Å². The van der Waals surface area contributed by atoms with Gasteiger partial charge in [-0.3, -0.25) is 33.6 Å². The number of aliphatic carboxylic acids is 3. The Hall–Kier alpha value is -5.55. The largest absolute Gasteiger partial charge is 0.481 e. The van der Waals surface area contributed by atoms with Crippen LogP contribution >= 0.6 is 11.8 Å². The summed E-state index contributed by atoms with van der Waals surface area (Å²) in [5.41, 5.74) is 12.4. The van der Waals surface area contributed by atoms with E-state index >= 15 is 0 Å². The van der Waals surface area contributed by atoms with Crippen molar-refractivity contribution in [2.75, 3.05) is 18.6 Å². The van der Waals surface area contributed by atoms with E-state index in [-0.39, 0.29) is 25.8 Å². The molecule has 0 saturated carbocycles. The van der Waals surface area contributed by atoms with Crippen molar-refractivity contribution in [1.82, 2.24) is 46.5 Å². The van der Waals surface area contributed by atoms with E-state index < -0.39 is 103 Å². The highest BCUT2D eigenvalue weighted by Crippen LogP contribution is 2.09. The molecule has 22 nitrogen and oxygen atoms in total. The Morgan fingerprint density at radius 3 is 1.58 bits per heavy atom. The maximum atomic E-state index is 13.8. The lowest BCUT2D eigenvalue weighted by atomic mass is 10.0. The van der Waals surface area contributed by atoms with Gasteiger partial charge in [0, 0.05) is 43.0 Å². The van der Waals surface area contributed by atoms with Gasteiger partial charge in [0.2, 0.25) is 29.5 Å². The molecule has 0 aliphatic carbocycles. The van der Waals surface area contributed by atoms with Gasteiger partial charge in [-0.25, -0.2) is 14.8 Å². The number of carbonyl (C=O) groups excluding carboxylic acids is 5. The molecule has 2 heterocycles. The van der Waals surface area contributed by atoms with Crippen LogP contribution in [0.4, 0.5) is 0 Å². The highest BCUT2D eigenvalue weighted by atomic mass is 32.2. The van der Waals surface area contributed by atoms with Gasteiger partial charge in [-0.05, 0) is 50.7 Å². The predicted octanol–water partition coefficient (Wildman–Crippen LogP) is -3.02. The number of aromatic amines is 2. The number of H-pyrrole nitrogens is 2. The Morgan fingerprint density at radius 2 is 1.15 bits per heavy atom. The number of carboxylic acid groups (broad SMARTS) is 3. The molecule has 2 aromatic heterocycles. The summed E-state index contributed by atoms with van der Waals surface area (Å²) in [6.45, 7) is 0.231. The van der Waals surface area contributed by atoms with Crippen LogP contribution in [-0.4, -0.2) is 138 Å². The van der Waals surface area contributed by atoms with Crippen LogP contribution in [0.3, 0.4) is 0 Å². The first kappa shape index (κ1) is 45.6. The summed E-state index contributed by atoms with van der Waals surface area (Å²) in [5.74, 6) is -8.27. The number of nitrogens with one attached hydrogen (secondary N) is 7. The molecular formula is C32H49N11O11S. The topological polar surface area (TPSA) is 367 Å². The number of nitrogens with two attached hydrogens (primary N) is 2. The molecule has 0 aliphatic heterocycles. The minimum Gasteiger partial charge on any atom is -0.481 e. The Balaban J connectivity index is 2.35. The number of hydrogen-bond acceptors (Lipinski definition) is 13. The average molecular weight is 796 g/mol. The summed E-state index contributed by atoms with van der Waals surface area (Å²) in [4.78, 5) is 115. The van der Waals surface area contributed by atoms with Gasteiger partial charge < -0.3 is 63.3 Å². The van der Waals surface area contributed by atoms with Gasteiger partial charge in [-0.2, -0.15) is 11.8 Å². The van der Waals surface area contributed by atoms with Crippen LogP contribution in [0.25, 0.3) is 0 Å². The molecule has 2 aromatic rings. The van der Waals surface area contributed by atoms with Crippen LogP contribution in [0.5, 0.6) is 0 Å². The number of unbranched alkanes of at least 4 members (excludes halogenated alkanes) is 1. The zero-order valence-electron chi connectivity index (χ0n) is 30.1. The number of carbonyl (C=O) groups is 8. The van der Waals surface area contributed by atoms with E-state index in [4.69, 9.17) is 16.6 Å². The monoisotopic (exact) mass is 795 g/mol. The molecule has 5 amide bonds. The maximum absolute atomic E-state index is 13.8. The van der Waals surface area contributed by atoms with Crippen LogP contribution in [0.1, 0.15) is 56.3 Å². The van der Waals surface area contributed by atoms with Crippen molar-refractivity contribution in [1.29, 1.82) is 0 Å². The zero-order valence-corrected chi connectivity index (χ0v) is 30.9. The third-order valence-corrected chi connectivity index (χ3v) is 8.69. The van der Waals surface area contributed by atoms with Crippen molar-refractivity contribution in [2.45, 2.75) is 94.0 Å². The molecule has 55 heavy (non-hydrogen) atoms. The summed E-state index contributed by atoms with van der Waals surface area (Å²) in [6, 6.07) is -8.47. The standard InChI is InChI=1S/C32H49N11O11S/c1-55-9-7-19(34)27(48)41-22(10-17-13-35-15-37-17)30(51)40-21(5-6-25(44)45)29(50)39-20(4-2-3-8-33)28(49)42-23(11-18-14-36-16-38-18)31(52)43-24(32(53)54)12-26(46)47/h13-16,19-24H,2-12,33-34H2,1H3,(H,35,37)(H,36,38)(H,39,50)(H,40,51)(H,41,48)(H,42,49)(H,43,52)(H,44,45)(H,46,47)(H,53,54)/t19-,20-,21-,22-,23-,24-/m0/s1. The molecule has 0 radical (unpaired) electrons. The first-order valence-corrected chi connectivity index (χ1v) is 18.6. The number of rotatable bonds is 27. The van der Waals surface area contributed by atoms with Crippen LogP contribution in [0, 0.1) is 0 Å². The van der Waals surface area contributed by atoms with Gasteiger partial charge in [0.05, 0.1) is 25.1 Å². The van der Waals surface area contributed by atoms with Gasteiger partial charge in [0.1, 0.15) is 30.2 Å². The average Bonchev–Trinajstić information content (AvgIpc) is 3.85. The SMILES string of the molecule is CSCC[C@H](N)C(=O)N[C@@H](Cc1cnc[nH]1)C(=O)N[C@@H](CCC(=O)O)C(=O)N[C@@H](CCCCN)C(=O)N[C@@H](Cc1cnc[nH]1)C(=O)N[C@@H](CC(=O)O)C(=O)O. The minimum absolute atomic E-state index is 0.0318. The van der Waals surface area contributed by atoms with Gasteiger partial charge >= 0.3 is 17.9 Å². The summed E-state index contributed by atoms with van der Waals surface area (Å²) in [5, 5.41) is 40.1. The molecule has 0 fully saturated rings. The third kappa shape index (κ3) is 17.0. The first-order chi connectivity index (χ1) is 26.1. The molecule has 0 spiro atoms. The van der Waals surface area contributed by atoms with E-state index in [0.29, 0.717) is 36.4 Å². The van der Waals surface area contributed by atoms with Crippen molar-refractivity contribution in [2.24, 2.45) is 11.5 Å². The van der Waals surface area contributed by atoms with Gasteiger partial charge in [0.15, 0.2) is 0 Å². The molecule has 0 bridgehead atoms. The van der Waals surface area contributed by atoms with Crippen LogP contribution in [0.2, 0.25) is 0 Å². The summed E-state index contributed by atoms with van der Waals surface area (Å²) >= 11 is 1.47. The number of aromatic nitrogens is 4. The lowest BCUT2D eigenvalue weighted by molar-refractivity contribution is -0.147. The van der Waals surface area contributed by atoms with Crippen molar-refractivity contribution in [3.05, 3.63) is 36.4 Å². The van der Waals surface area contributed by atoms with E-state index in [1.54, 1.807) is 0 Å². The number of amides is 5. The van der Waals surface area contributed by atoms with Gasteiger partial charge in [-0.1, -0.05) is 0 Å². The van der Waals surface area contributed by atoms with Crippen molar-refractivity contribution in [3.63, 3.8) is 0 Å². The molecule has 0 aromatic carbocycles. The highest BCUT2D eigenvalue weighted by molar-refractivity contribution is 7.98. The van der Waals surface area contributed by atoms with E-state index in [9.17, 15) is 48.6 Å². The summed E-state index contributed by atoms with van der Waals surface area (Å²) in [6.07, 6.45) is 5.96. The van der Waals surface area contributed by atoms with Crippen LogP contribution < -0.4 is 38.1 Å². The van der Waals surface area contributed by atoms with Crippen molar-refractivity contribution in [3.8, 4) is 0 Å². The molecule has 6 atom stereocenters. The molecule has 23 heteroatoms. The lowest BCUT2D eigenvalue weighted by Gasteiger charge is -2.27. The second-order valence-corrected chi connectivity index (χ2v) is 13.4. The molecule has 2 rings (SSSR count). The van der Waals surface area contributed by atoms with Gasteiger partial charge in [-0.15, -0.1) is 0 Å². The Morgan fingerprint density at radius 1 is 0.673 bits per heavy atom. The second-order valence-electron chi connectivity index (χ2n) is 12.4. The number of carboxylic acids is 3.